The molecule has 2 saturated heterocycles. The Morgan fingerprint density at radius 1 is 1.16 bits per heavy atom. The fraction of sp³-hybridized carbons (Fsp3) is 0.421. The number of aliphatic hydroxyl groups is 1. The Hall–Kier alpha value is -3.72. The van der Waals surface area contributed by atoms with Gasteiger partial charge in [-0.2, -0.15) is 0 Å². The summed E-state index contributed by atoms with van der Waals surface area (Å²) in [5.74, 6) is -0.813. The summed E-state index contributed by atoms with van der Waals surface area (Å²) in [6.45, 7) is 7.38. The Labute approximate surface area is 307 Å². The summed E-state index contributed by atoms with van der Waals surface area (Å²) in [6.07, 6.45) is 3.74. The fourth-order valence-electron chi connectivity index (χ4n) is 8.44. The van der Waals surface area contributed by atoms with Crippen molar-refractivity contribution in [2.75, 3.05) is 23.4 Å². The molecule has 13 heteroatoms. The first-order valence-electron chi connectivity index (χ1n) is 17.7. The number of halogens is 1. The van der Waals surface area contributed by atoms with Crippen LogP contribution in [0.3, 0.4) is 0 Å². The second-order valence-electron chi connectivity index (χ2n) is 14.6. The fourth-order valence-corrected chi connectivity index (χ4v) is 11.4. The van der Waals surface area contributed by atoms with Gasteiger partial charge < -0.3 is 30.2 Å². The zero-order valence-corrected chi connectivity index (χ0v) is 31.7. The van der Waals surface area contributed by atoms with Crippen molar-refractivity contribution in [3.8, 4) is 0 Å². The van der Waals surface area contributed by atoms with Crippen LogP contribution in [0.15, 0.2) is 83.5 Å². The average molecular weight is 774 g/mol. The summed E-state index contributed by atoms with van der Waals surface area (Å²) in [6, 6.07) is 23.0. The van der Waals surface area contributed by atoms with Crippen molar-refractivity contribution < 1.29 is 24.2 Å². The number of ether oxygens (including phenoxy) is 1. The number of aryl methyl sites for hydroxylation is 1. The van der Waals surface area contributed by atoms with Crippen molar-refractivity contribution >= 4 is 47.4 Å². The third-order valence-corrected chi connectivity index (χ3v) is 13.8. The van der Waals surface area contributed by atoms with Gasteiger partial charge in [0.1, 0.15) is 0 Å². The van der Waals surface area contributed by atoms with E-state index in [1.807, 2.05) is 99.0 Å². The summed E-state index contributed by atoms with van der Waals surface area (Å²) in [4.78, 5) is 41.2. The maximum Gasteiger partial charge on any atom is 0.264 e. The summed E-state index contributed by atoms with van der Waals surface area (Å²) in [5, 5.41) is 25.2. The molecule has 4 N–H and O–H groups in total. The highest BCUT2D eigenvalue weighted by Gasteiger charge is 2.66. The summed E-state index contributed by atoms with van der Waals surface area (Å²) < 4.78 is 9.61. The third kappa shape index (κ3) is 6.83. The van der Waals surface area contributed by atoms with Gasteiger partial charge in [-0.25, -0.2) is 0 Å². The van der Waals surface area contributed by atoms with E-state index in [0.717, 1.165) is 46.2 Å². The highest BCUT2D eigenvalue weighted by Crippen LogP contribution is 2.60. The van der Waals surface area contributed by atoms with Gasteiger partial charge in [0.2, 0.25) is 5.91 Å². The molecule has 6 atom stereocenters. The minimum absolute atomic E-state index is 0.0522. The minimum Gasteiger partial charge on any atom is -0.432 e. The number of nitrogens with one attached hydrogen (secondary N) is 2. The number of rotatable bonds is 11. The number of aliphatic hydroxyl groups excluding tert-OH is 1. The molecule has 2 fully saturated rings. The van der Waals surface area contributed by atoms with Gasteiger partial charge in [0.05, 0.1) is 42.6 Å². The van der Waals surface area contributed by atoms with Crippen LogP contribution in [-0.2, 0) is 33.0 Å². The number of nitrogens with zero attached hydrogens (tertiary/aromatic N) is 4. The van der Waals surface area contributed by atoms with Crippen LogP contribution in [0.2, 0.25) is 18.6 Å². The predicted octanol–water partition coefficient (Wildman–Crippen LogP) is 5.29. The standard InChI is InChI=1S/C38H45BrN6O5Si/c1-24-35(51(2,3)49)34(16-18-44-22-32(42-43-44)29(23-46)26-10-5-4-6-11-26)50-38(24)30-20-27(39)14-15-33(30)45(37(38)48)21-25-9-7-12-28(19-25)41-36(47)31-13-8-17-40-31/h4-7,9-12,14-15,19-20,22,24,29,31,34-35,40,46,49H,8,13,16-18,21,23H2,1-3H3,(H,41,47)/t24-,29?,31-,34+,35-,38+/m1/s1. The quantitative estimate of drug-likeness (QED) is 0.151. The van der Waals surface area contributed by atoms with Gasteiger partial charge in [-0.15, -0.1) is 5.10 Å². The first kappa shape index (κ1) is 35.7. The van der Waals surface area contributed by atoms with E-state index in [1.54, 1.807) is 9.58 Å². The molecule has 2 amide bonds. The first-order chi connectivity index (χ1) is 24.5. The smallest absolute Gasteiger partial charge is 0.264 e. The second-order valence-corrected chi connectivity index (χ2v) is 19.5. The van der Waals surface area contributed by atoms with Gasteiger partial charge in [-0.1, -0.05) is 70.5 Å². The van der Waals surface area contributed by atoms with Crippen LogP contribution in [0.1, 0.15) is 54.5 Å². The maximum atomic E-state index is 14.9. The molecule has 268 valence electrons. The van der Waals surface area contributed by atoms with E-state index in [0.29, 0.717) is 30.9 Å². The number of benzene rings is 3. The Morgan fingerprint density at radius 2 is 1.96 bits per heavy atom. The van der Waals surface area contributed by atoms with E-state index >= 15 is 0 Å². The van der Waals surface area contributed by atoms with Crippen LogP contribution in [0.4, 0.5) is 11.4 Å². The maximum absolute atomic E-state index is 14.9. The number of hydrogen-bond acceptors (Lipinski definition) is 8. The highest BCUT2D eigenvalue weighted by atomic mass is 79.9. The predicted molar refractivity (Wildman–Crippen MR) is 201 cm³/mol. The van der Waals surface area contributed by atoms with Crippen LogP contribution < -0.4 is 15.5 Å². The van der Waals surface area contributed by atoms with Crippen molar-refractivity contribution in [1.82, 2.24) is 20.3 Å². The summed E-state index contributed by atoms with van der Waals surface area (Å²) in [7, 11) is -2.87. The molecule has 3 aliphatic rings. The molecule has 3 aliphatic heterocycles. The molecule has 1 unspecified atom stereocenters. The number of carbonyl (C=O) groups is 2. The van der Waals surface area contributed by atoms with Crippen molar-refractivity contribution in [3.05, 3.63) is 106 Å². The lowest BCUT2D eigenvalue weighted by Gasteiger charge is -2.32. The number of fused-ring (bicyclic) bond motifs is 2. The lowest BCUT2D eigenvalue weighted by molar-refractivity contribution is -0.146. The Morgan fingerprint density at radius 3 is 2.69 bits per heavy atom. The van der Waals surface area contributed by atoms with E-state index in [1.165, 1.54) is 0 Å². The van der Waals surface area contributed by atoms with Crippen molar-refractivity contribution in [3.63, 3.8) is 0 Å². The largest absolute Gasteiger partial charge is 0.432 e. The zero-order chi connectivity index (χ0) is 35.9. The molecule has 4 heterocycles. The highest BCUT2D eigenvalue weighted by molar-refractivity contribution is 9.10. The van der Waals surface area contributed by atoms with E-state index in [4.69, 9.17) is 4.74 Å². The lowest BCUT2D eigenvalue weighted by atomic mass is 9.82. The lowest BCUT2D eigenvalue weighted by Crippen LogP contribution is -2.46. The molecule has 4 aromatic rings. The van der Waals surface area contributed by atoms with Gasteiger partial charge in [0.15, 0.2) is 13.9 Å². The Kier molecular flexibility index (Phi) is 10.0. The van der Waals surface area contributed by atoms with E-state index in [-0.39, 0.29) is 41.8 Å². The van der Waals surface area contributed by atoms with E-state index in [9.17, 15) is 19.5 Å². The normalized spacial score (nSPS) is 25.1. The Balaban J connectivity index is 1.14. The molecule has 0 bridgehead atoms. The molecule has 0 radical (unpaired) electrons. The number of anilines is 2. The van der Waals surface area contributed by atoms with Gasteiger partial charge in [0.25, 0.3) is 5.91 Å². The van der Waals surface area contributed by atoms with Gasteiger partial charge in [-0.3, -0.25) is 14.3 Å². The second kappa shape index (κ2) is 14.4. The van der Waals surface area contributed by atoms with Gasteiger partial charge in [0, 0.05) is 39.9 Å². The first-order valence-corrected chi connectivity index (χ1v) is 21.5. The van der Waals surface area contributed by atoms with Crippen LogP contribution in [0, 0.1) is 5.92 Å². The molecule has 0 saturated carbocycles. The molecule has 0 aliphatic carbocycles. The van der Waals surface area contributed by atoms with E-state index < -0.39 is 20.0 Å². The third-order valence-electron chi connectivity index (χ3n) is 10.8. The van der Waals surface area contributed by atoms with Crippen LogP contribution >= 0.6 is 15.9 Å². The number of amides is 2. The van der Waals surface area contributed by atoms with Crippen molar-refractivity contribution in [2.24, 2.45) is 5.92 Å². The monoisotopic (exact) mass is 772 g/mol. The van der Waals surface area contributed by atoms with Gasteiger partial charge >= 0.3 is 0 Å². The van der Waals surface area contributed by atoms with Crippen LogP contribution in [-0.4, -0.2) is 70.3 Å². The average Bonchev–Trinajstić information content (AvgIpc) is 3.90. The molecule has 3 aromatic carbocycles. The van der Waals surface area contributed by atoms with Crippen LogP contribution in [0.5, 0.6) is 0 Å². The molecule has 1 aromatic heterocycles. The molecule has 7 rings (SSSR count). The number of carbonyl (C=O) groups excluding carboxylic acids is 2. The van der Waals surface area contributed by atoms with Gasteiger partial charge in [-0.05, 0) is 80.4 Å². The molecular formula is C38H45BrN6O5Si. The molecule has 11 nitrogen and oxygen atoms in total. The minimum atomic E-state index is -2.87. The SMILES string of the molecule is C[C@@H]1[C@@H]([Si](C)(C)O)[C@H](CCn2cc(C(CO)c3ccccc3)nn2)O[C@@]12C(=O)N(Cc1cccc(NC(=O)[C@H]3CCCN3)c1)c1ccc(Br)cc12. The van der Waals surface area contributed by atoms with Crippen molar-refractivity contribution in [1.29, 1.82) is 0 Å². The van der Waals surface area contributed by atoms with Crippen LogP contribution in [0.25, 0.3) is 0 Å². The molecular weight excluding hydrogens is 728 g/mol. The zero-order valence-electron chi connectivity index (χ0n) is 29.1. The molecule has 1 spiro atoms. The number of hydrogen-bond donors (Lipinski definition) is 4. The number of aromatic nitrogens is 3. The Bertz CT molecular complexity index is 1900. The summed E-state index contributed by atoms with van der Waals surface area (Å²) in [5.41, 5.74) is 3.23. The van der Waals surface area contributed by atoms with E-state index in [2.05, 4.69) is 36.9 Å². The topological polar surface area (TPSA) is 142 Å². The molecule has 51 heavy (non-hydrogen) atoms. The van der Waals surface area contributed by atoms with Crippen molar-refractivity contribution in [2.45, 2.75) is 81.6 Å². The summed E-state index contributed by atoms with van der Waals surface area (Å²) >= 11 is 3.64.